The van der Waals surface area contributed by atoms with Crippen LogP contribution in [0.4, 0.5) is 0 Å². The van der Waals surface area contributed by atoms with E-state index in [1.807, 2.05) is 12.2 Å². The van der Waals surface area contributed by atoms with Crippen LogP contribution in [0.15, 0.2) is 24.5 Å². The molecule has 0 aliphatic heterocycles. The van der Waals surface area contributed by atoms with Crippen molar-refractivity contribution >= 4 is 17.6 Å². The zero-order valence-corrected chi connectivity index (χ0v) is 11.0. The van der Waals surface area contributed by atoms with E-state index in [-0.39, 0.29) is 11.8 Å². The molecule has 0 fully saturated rings. The van der Waals surface area contributed by atoms with Gasteiger partial charge < -0.3 is 4.74 Å². The molecule has 5 heteroatoms. The van der Waals surface area contributed by atoms with E-state index in [4.69, 9.17) is 16.3 Å². The predicted molar refractivity (Wildman–Crippen MR) is 68.3 cm³/mol. The Hall–Kier alpha value is -1.42. The second-order valence-electron chi connectivity index (χ2n) is 4.20. The summed E-state index contributed by atoms with van der Waals surface area (Å²) in [6, 6.07) is 0. The summed E-state index contributed by atoms with van der Waals surface area (Å²) in [6.07, 6.45) is 8.60. The third kappa shape index (κ3) is 2.25. The average molecular weight is 267 g/mol. The van der Waals surface area contributed by atoms with Gasteiger partial charge in [0.1, 0.15) is 11.2 Å². The largest absolute Gasteiger partial charge is 0.465 e. The normalized spacial score (nSPS) is 16.8. The van der Waals surface area contributed by atoms with Crippen molar-refractivity contribution in [1.29, 1.82) is 0 Å². The summed E-state index contributed by atoms with van der Waals surface area (Å²) in [6.45, 7) is 2.18. The zero-order chi connectivity index (χ0) is 13.0. The molecule has 0 saturated carbocycles. The van der Waals surface area contributed by atoms with Gasteiger partial charge in [-0.2, -0.15) is 0 Å². The number of rotatable bonds is 4. The number of carbonyl (C=O) groups is 1. The number of ether oxygens (including phenoxy) is 1. The smallest absolute Gasteiger partial charge is 0.317 e. The van der Waals surface area contributed by atoms with Gasteiger partial charge in [-0.25, -0.2) is 9.97 Å². The first kappa shape index (κ1) is 13.0. The van der Waals surface area contributed by atoms with Crippen molar-refractivity contribution in [3.8, 4) is 0 Å². The predicted octanol–water partition coefficient (Wildman–Crippen LogP) is 2.37. The van der Waals surface area contributed by atoms with Crippen LogP contribution in [0.5, 0.6) is 0 Å². The number of nitrogens with zero attached hydrogens (tertiary/aromatic N) is 2. The van der Waals surface area contributed by atoms with Gasteiger partial charge in [-0.1, -0.05) is 12.2 Å². The van der Waals surface area contributed by atoms with Crippen molar-refractivity contribution in [1.82, 2.24) is 9.97 Å². The highest BCUT2D eigenvalue weighted by atomic mass is 35.5. The Morgan fingerprint density at radius 3 is 2.50 bits per heavy atom. The number of allylic oxidation sites excluding steroid dienone is 2. The number of esters is 1. The molecule has 96 valence electrons. The summed E-state index contributed by atoms with van der Waals surface area (Å²) in [5, 5.41) is 0. The number of carbonyl (C=O) groups excluding carboxylic acids is 1. The number of hydrogen-bond donors (Lipinski definition) is 0. The van der Waals surface area contributed by atoms with E-state index in [0.717, 1.165) is 5.56 Å². The molecule has 0 unspecified atom stereocenters. The van der Waals surface area contributed by atoms with Crippen LogP contribution < -0.4 is 0 Å². The Labute approximate surface area is 111 Å². The van der Waals surface area contributed by atoms with E-state index >= 15 is 0 Å². The maximum Gasteiger partial charge on any atom is 0.317 e. The van der Waals surface area contributed by atoms with Gasteiger partial charge in [0, 0.05) is 18.0 Å². The Kier molecular flexibility index (Phi) is 3.97. The first-order valence-electron chi connectivity index (χ1n) is 5.92. The number of halogens is 1. The SMILES string of the molecule is CCOC(=O)C1(c2cnc(CCl)nc2)CC=CC1. The van der Waals surface area contributed by atoms with Crippen LogP contribution in [0.2, 0.25) is 0 Å². The van der Waals surface area contributed by atoms with E-state index < -0.39 is 5.41 Å². The molecule has 1 aromatic heterocycles. The van der Waals surface area contributed by atoms with Gasteiger partial charge in [0.05, 0.1) is 12.5 Å². The van der Waals surface area contributed by atoms with Crippen LogP contribution in [-0.4, -0.2) is 22.5 Å². The molecule has 0 saturated heterocycles. The molecule has 2 rings (SSSR count). The van der Waals surface area contributed by atoms with Crippen LogP contribution in [0.1, 0.15) is 31.2 Å². The average Bonchev–Trinajstić information content (AvgIpc) is 2.90. The summed E-state index contributed by atoms with van der Waals surface area (Å²) < 4.78 is 5.18. The number of hydrogen-bond acceptors (Lipinski definition) is 4. The lowest BCUT2D eigenvalue weighted by Gasteiger charge is -2.26. The molecule has 0 amide bonds. The first-order valence-corrected chi connectivity index (χ1v) is 6.46. The minimum absolute atomic E-state index is 0.211. The molecule has 0 aromatic carbocycles. The van der Waals surface area contributed by atoms with Crippen molar-refractivity contribution in [2.75, 3.05) is 6.61 Å². The standard InChI is InChI=1S/C13H15ClN2O2/c1-2-18-12(17)13(5-3-4-6-13)10-8-15-11(7-14)16-9-10/h3-4,8-9H,2,5-7H2,1H3. The molecule has 1 aliphatic carbocycles. The molecular weight excluding hydrogens is 252 g/mol. The Bertz CT molecular complexity index is 449. The van der Waals surface area contributed by atoms with Gasteiger partial charge in [-0.05, 0) is 19.8 Å². The van der Waals surface area contributed by atoms with Crippen LogP contribution in [0, 0.1) is 0 Å². The van der Waals surface area contributed by atoms with E-state index in [1.165, 1.54) is 0 Å². The lowest BCUT2D eigenvalue weighted by atomic mass is 9.79. The summed E-state index contributed by atoms with van der Waals surface area (Å²) in [7, 11) is 0. The third-order valence-electron chi connectivity index (χ3n) is 3.14. The molecule has 1 heterocycles. The Morgan fingerprint density at radius 1 is 1.39 bits per heavy atom. The molecule has 1 aliphatic rings. The van der Waals surface area contributed by atoms with Gasteiger partial charge in [0.2, 0.25) is 0 Å². The molecule has 1 aromatic rings. The van der Waals surface area contributed by atoms with Gasteiger partial charge in [0.15, 0.2) is 0 Å². The van der Waals surface area contributed by atoms with E-state index in [9.17, 15) is 4.79 Å². The molecule has 4 nitrogen and oxygen atoms in total. The zero-order valence-electron chi connectivity index (χ0n) is 10.2. The maximum atomic E-state index is 12.2. The lowest BCUT2D eigenvalue weighted by Crippen LogP contribution is -2.35. The number of alkyl halides is 1. The van der Waals surface area contributed by atoms with Gasteiger partial charge >= 0.3 is 5.97 Å². The van der Waals surface area contributed by atoms with Crippen molar-refractivity contribution in [3.63, 3.8) is 0 Å². The van der Waals surface area contributed by atoms with Crippen molar-refractivity contribution in [2.24, 2.45) is 0 Å². The topological polar surface area (TPSA) is 52.1 Å². The lowest BCUT2D eigenvalue weighted by molar-refractivity contribution is -0.149. The monoisotopic (exact) mass is 266 g/mol. The van der Waals surface area contributed by atoms with Gasteiger partial charge in [-0.3, -0.25) is 4.79 Å². The highest BCUT2D eigenvalue weighted by Gasteiger charge is 2.42. The van der Waals surface area contributed by atoms with Crippen molar-refractivity contribution in [2.45, 2.75) is 31.1 Å². The molecular formula is C13H15ClN2O2. The molecule has 0 spiro atoms. The van der Waals surface area contributed by atoms with Crippen LogP contribution >= 0.6 is 11.6 Å². The summed E-state index contributed by atoms with van der Waals surface area (Å²) in [5.41, 5.74) is 0.140. The summed E-state index contributed by atoms with van der Waals surface area (Å²) >= 11 is 5.66. The summed E-state index contributed by atoms with van der Waals surface area (Å²) in [5.74, 6) is 0.618. The minimum Gasteiger partial charge on any atom is -0.465 e. The fourth-order valence-electron chi connectivity index (χ4n) is 2.11. The van der Waals surface area contributed by atoms with Crippen LogP contribution in [-0.2, 0) is 20.8 Å². The van der Waals surface area contributed by atoms with Gasteiger partial charge in [-0.15, -0.1) is 11.6 Å². The second kappa shape index (κ2) is 5.48. The fraction of sp³-hybridized carbons (Fsp3) is 0.462. The van der Waals surface area contributed by atoms with E-state index in [1.54, 1.807) is 19.3 Å². The van der Waals surface area contributed by atoms with Crippen molar-refractivity contribution < 1.29 is 9.53 Å². The Morgan fingerprint density at radius 2 is 2.00 bits per heavy atom. The van der Waals surface area contributed by atoms with Gasteiger partial charge in [0.25, 0.3) is 0 Å². The highest BCUT2D eigenvalue weighted by Crippen LogP contribution is 2.37. The molecule has 0 N–H and O–H groups in total. The quantitative estimate of drug-likeness (QED) is 0.477. The fourth-order valence-corrected chi connectivity index (χ4v) is 2.25. The summed E-state index contributed by atoms with van der Waals surface area (Å²) in [4.78, 5) is 20.5. The second-order valence-corrected chi connectivity index (χ2v) is 4.47. The Balaban J connectivity index is 2.31. The van der Waals surface area contributed by atoms with E-state index in [2.05, 4.69) is 9.97 Å². The third-order valence-corrected chi connectivity index (χ3v) is 3.38. The molecule has 18 heavy (non-hydrogen) atoms. The van der Waals surface area contributed by atoms with Crippen LogP contribution in [0.25, 0.3) is 0 Å². The first-order chi connectivity index (χ1) is 8.73. The number of aromatic nitrogens is 2. The van der Waals surface area contributed by atoms with Crippen molar-refractivity contribution in [3.05, 3.63) is 35.9 Å². The maximum absolute atomic E-state index is 12.2. The molecule has 0 radical (unpaired) electrons. The molecule has 0 bridgehead atoms. The van der Waals surface area contributed by atoms with Crippen LogP contribution in [0.3, 0.4) is 0 Å². The van der Waals surface area contributed by atoms with E-state index in [0.29, 0.717) is 25.3 Å². The molecule has 0 atom stereocenters. The minimum atomic E-state index is -0.652. The highest BCUT2D eigenvalue weighted by molar-refractivity contribution is 6.16.